The molecule has 0 spiro atoms. The molecule has 1 amide bonds. The maximum atomic E-state index is 13.0. The summed E-state index contributed by atoms with van der Waals surface area (Å²) < 4.78 is 13.1. The van der Waals surface area contributed by atoms with Crippen molar-refractivity contribution in [3.8, 4) is 0 Å². The third kappa shape index (κ3) is 3.88. The zero-order valence-corrected chi connectivity index (χ0v) is 14.9. The first-order chi connectivity index (χ1) is 12.8. The van der Waals surface area contributed by atoms with Crippen molar-refractivity contribution in [1.82, 2.24) is 0 Å². The third-order valence-electron chi connectivity index (χ3n) is 3.61. The summed E-state index contributed by atoms with van der Waals surface area (Å²) in [7, 11) is 0. The summed E-state index contributed by atoms with van der Waals surface area (Å²) in [6.45, 7) is 0. The molecular formula is C18H8FNO5S2-2. The van der Waals surface area contributed by atoms with Crippen molar-refractivity contribution < 1.29 is 29.0 Å². The van der Waals surface area contributed by atoms with Crippen LogP contribution in [0.15, 0.2) is 47.4 Å². The zero-order valence-electron chi connectivity index (χ0n) is 13.3. The fourth-order valence-electron chi connectivity index (χ4n) is 2.38. The monoisotopic (exact) mass is 401 g/mol. The van der Waals surface area contributed by atoms with Crippen molar-refractivity contribution >= 4 is 57.9 Å². The predicted molar refractivity (Wildman–Crippen MR) is 97.2 cm³/mol. The smallest absolute Gasteiger partial charge is 0.270 e. The molecule has 3 rings (SSSR count). The molecule has 0 unspecified atom stereocenters. The van der Waals surface area contributed by atoms with E-state index in [4.69, 9.17) is 12.2 Å². The molecule has 27 heavy (non-hydrogen) atoms. The van der Waals surface area contributed by atoms with Crippen LogP contribution in [-0.4, -0.2) is 22.2 Å². The Bertz CT molecular complexity index is 985. The average molecular weight is 401 g/mol. The molecule has 136 valence electrons. The van der Waals surface area contributed by atoms with Gasteiger partial charge >= 0.3 is 0 Å². The van der Waals surface area contributed by atoms with Crippen LogP contribution in [0.5, 0.6) is 0 Å². The fraction of sp³-hybridized carbons (Fsp3) is 0. The largest absolute Gasteiger partial charge is 0.545 e. The molecule has 2 aromatic rings. The maximum Gasteiger partial charge on any atom is 0.270 e. The zero-order chi connectivity index (χ0) is 19.7. The minimum atomic E-state index is -1.60. The van der Waals surface area contributed by atoms with Gasteiger partial charge in [0.05, 0.1) is 22.5 Å². The lowest BCUT2D eigenvalue weighted by molar-refractivity contribution is -0.255. The summed E-state index contributed by atoms with van der Waals surface area (Å²) in [4.78, 5) is 36.2. The molecule has 0 aromatic heterocycles. The third-order valence-corrected chi connectivity index (χ3v) is 4.91. The number of hydrogen-bond donors (Lipinski definition) is 0. The molecule has 0 radical (unpaired) electrons. The Morgan fingerprint density at radius 1 is 1.04 bits per heavy atom. The van der Waals surface area contributed by atoms with Crippen LogP contribution in [0.3, 0.4) is 0 Å². The van der Waals surface area contributed by atoms with E-state index in [0.717, 1.165) is 34.9 Å². The molecule has 6 nitrogen and oxygen atoms in total. The van der Waals surface area contributed by atoms with Gasteiger partial charge in [0.2, 0.25) is 0 Å². The summed E-state index contributed by atoms with van der Waals surface area (Å²) in [6, 6.07) is 8.49. The number of anilines is 1. The van der Waals surface area contributed by atoms with Crippen molar-refractivity contribution in [2.24, 2.45) is 0 Å². The molecule has 0 atom stereocenters. The Kier molecular flexibility index (Phi) is 5.06. The van der Waals surface area contributed by atoms with Crippen LogP contribution in [0.1, 0.15) is 26.3 Å². The van der Waals surface area contributed by atoms with Gasteiger partial charge in [0, 0.05) is 0 Å². The molecule has 1 heterocycles. The van der Waals surface area contributed by atoms with Crippen LogP contribution in [0, 0.1) is 5.82 Å². The first-order valence-corrected chi connectivity index (χ1v) is 8.60. The number of rotatable bonds is 4. The number of halogens is 1. The van der Waals surface area contributed by atoms with Gasteiger partial charge in [-0.15, -0.1) is 0 Å². The second kappa shape index (κ2) is 7.29. The average Bonchev–Trinajstić information content (AvgIpc) is 2.90. The molecule has 1 aliphatic heterocycles. The molecular weight excluding hydrogens is 393 g/mol. The Labute approximate surface area is 161 Å². The SMILES string of the molecule is O=C([O-])c1cc(C(=O)[O-])cc(N2C(=O)/C(=C\c3ccc(F)cc3)SC2=S)c1. The van der Waals surface area contributed by atoms with Crippen molar-refractivity contribution in [2.75, 3.05) is 4.90 Å². The molecule has 1 aliphatic rings. The summed E-state index contributed by atoms with van der Waals surface area (Å²) in [6.07, 6.45) is 1.50. The van der Waals surface area contributed by atoms with Gasteiger partial charge < -0.3 is 19.8 Å². The van der Waals surface area contributed by atoms with Crippen molar-refractivity contribution in [2.45, 2.75) is 0 Å². The number of carbonyl (C=O) groups is 3. The lowest BCUT2D eigenvalue weighted by Crippen LogP contribution is -2.30. The standard InChI is InChI=1S/C18H10FNO5S2/c19-12-3-1-9(2-4-12)5-14-15(21)20(18(26)27-14)13-7-10(16(22)23)6-11(8-13)17(24)25/h1-8H,(H,22,23)(H,24,25)/p-2/b14-5+. The van der Waals surface area contributed by atoms with Crippen molar-refractivity contribution in [3.63, 3.8) is 0 Å². The second-order valence-corrected chi connectivity index (χ2v) is 7.09. The number of nitrogens with zero attached hydrogens (tertiary/aromatic N) is 1. The van der Waals surface area contributed by atoms with Gasteiger partial charge in [-0.3, -0.25) is 9.69 Å². The highest BCUT2D eigenvalue weighted by molar-refractivity contribution is 8.27. The Morgan fingerprint density at radius 2 is 1.59 bits per heavy atom. The van der Waals surface area contributed by atoms with E-state index in [-0.39, 0.29) is 14.9 Å². The van der Waals surface area contributed by atoms with Gasteiger partial charge in [-0.2, -0.15) is 0 Å². The van der Waals surface area contributed by atoms with E-state index in [2.05, 4.69) is 0 Å². The van der Waals surface area contributed by atoms with E-state index in [9.17, 15) is 29.0 Å². The molecule has 0 N–H and O–H groups in total. The number of aromatic carboxylic acids is 2. The Hall–Kier alpha value is -3.04. The maximum absolute atomic E-state index is 13.0. The van der Waals surface area contributed by atoms with Gasteiger partial charge in [0.1, 0.15) is 5.82 Å². The highest BCUT2D eigenvalue weighted by Crippen LogP contribution is 2.36. The number of thioether (sulfide) groups is 1. The number of carboxylic acids is 2. The summed E-state index contributed by atoms with van der Waals surface area (Å²) >= 11 is 6.13. The van der Waals surface area contributed by atoms with Gasteiger partial charge in [-0.05, 0) is 53.1 Å². The molecule has 0 bridgehead atoms. The number of thiocarbonyl (C=S) groups is 1. The molecule has 1 saturated heterocycles. The Balaban J connectivity index is 2.01. The molecule has 0 saturated carbocycles. The fourth-order valence-corrected chi connectivity index (χ4v) is 3.68. The lowest BCUT2D eigenvalue weighted by Gasteiger charge is -2.18. The van der Waals surface area contributed by atoms with E-state index in [1.807, 2.05) is 0 Å². The highest BCUT2D eigenvalue weighted by atomic mass is 32.2. The Morgan fingerprint density at radius 3 is 2.11 bits per heavy atom. The highest BCUT2D eigenvalue weighted by Gasteiger charge is 2.33. The number of hydrogen-bond acceptors (Lipinski definition) is 7. The first-order valence-electron chi connectivity index (χ1n) is 7.37. The molecule has 2 aromatic carbocycles. The van der Waals surface area contributed by atoms with Gasteiger partial charge in [0.15, 0.2) is 4.32 Å². The minimum Gasteiger partial charge on any atom is -0.545 e. The number of carbonyl (C=O) groups excluding carboxylic acids is 3. The first kappa shape index (κ1) is 18.7. The van der Waals surface area contributed by atoms with Crippen LogP contribution in [0.25, 0.3) is 6.08 Å². The molecule has 1 fully saturated rings. The topological polar surface area (TPSA) is 101 Å². The predicted octanol–water partition coefficient (Wildman–Crippen LogP) is 0.959. The van der Waals surface area contributed by atoms with E-state index in [1.54, 1.807) is 0 Å². The van der Waals surface area contributed by atoms with E-state index < -0.39 is 34.8 Å². The number of benzene rings is 2. The number of amides is 1. The normalized spacial score (nSPS) is 15.4. The van der Waals surface area contributed by atoms with Gasteiger partial charge in [-0.1, -0.05) is 36.1 Å². The lowest BCUT2D eigenvalue weighted by atomic mass is 10.1. The van der Waals surface area contributed by atoms with Crippen LogP contribution >= 0.6 is 24.0 Å². The van der Waals surface area contributed by atoms with Crippen molar-refractivity contribution in [1.29, 1.82) is 0 Å². The van der Waals surface area contributed by atoms with Crippen molar-refractivity contribution in [3.05, 3.63) is 69.9 Å². The molecule has 9 heteroatoms. The summed E-state index contributed by atoms with van der Waals surface area (Å²) in [5.41, 5.74) is -0.316. The van der Waals surface area contributed by atoms with E-state index in [0.29, 0.717) is 5.56 Å². The minimum absolute atomic E-state index is 0.0269. The van der Waals surface area contributed by atoms with Crippen LogP contribution in [0.4, 0.5) is 10.1 Å². The summed E-state index contributed by atoms with van der Waals surface area (Å²) in [5, 5.41) is 22.3. The van der Waals surface area contributed by atoms with Crippen LogP contribution in [-0.2, 0) is 4.79 Å². The van der Waals surface area contributed by atoms with Crippen LogP contribution < -0.4 is 15.1 Å². The summed E-state index contributed by atoms with van der Waals surface area (Å²) in [5.74, 6) is -4.19. The quantitative estimate of drug-likeness (QED) is 0.556. The van der Waals surface area contributed by atoms with E-state index in [1.165, 1.54) is 30.3 Å². The van der Waals surface area contributed by atoms with Crippen LogP contribution in [0.2, 0.25) is 0 Å². The van der Waals surface area contributed by atoms with Gasteiger partial charge in [0.25, 0.3) is 5.91 Å². The van der Waals surface area contributed by atoms with E-state index >= 15 is 0 Å². The number of carboxylic acid groups (broad SMARTS) is 2. The second-order valence-electron chi connectivity index (χ2n) is 5.41. The van der Waals surface area contributed by atoms with Gasteiger partial charge in [-0.25, -0.2) is 4.39 Å². The molecule has 0 aliphatic carbocycles.